The van der Waals surface area contributed by atoms with Gasteiger partial charge in [0.1, 0.15) is 0 Å². The van der Waals surface area contributed by atoms with Crippen LogP contribution in [-0.4, -0.2) is 11.1 Å². The van der Waals surface area contributed by atoms with Crippen LogP contribution in [0.5, 0.6) is 0 Å². The topological polar surface area (TPSA) is 37.3 Å². The maximum atomic E-state index is 10.4. The Morgan fingerprint density at radius 2 is 1.15 bits per heavy atom. The molecule has 0 aromatic heterocycles. The molecule has 0 heterocycles. The summed E-state index contributed by atoms with van der Waals surface area (Å²) in [5, 5.41) is 8.57. The molecular weight excluding hydrogens is 248 g/mol. The van der Waals surface area contributed by atoms with Gasteiger partial charge in [0.15, 0.2) is 0 Å². The molecule has 20 heavy (non-hydrogen) atoms. The highest BCUT2D eigenvalue weighted by Crippen LogP contribution is 2.13. The predicted octanol–water partition coefficient (Wildman–Crippen LogP) is 4.61. The summed E-state index contributed by atoms with van der Waals surface area (Å²) < 4.78 is 0. The molecule has 0 fully saturated rings. The van der Waals surface area contributed by atoms with Gasteiger partial charge < -0.3 is 5.11 Å². The number of aromatic carboxylic acids is 1. The van der Waals surface area contributed by atoms with E-state index in [9.17, 15) is 4.79 Å². The van der Waals surface area contributed by atoms with E-state index in [1.165, 1.54) is 22.3 Å². The molecule has 0 saturated heterocycles. The molecule has 2 nitrogen and oxygen atoms in total. The number of hydrogen-bond donors (Lipinski definition) is 1. The molecule has 0 aliphatic heterocycles. The summed E-state index contributed by atoms with van der Waals surface area (Å²) in [5.74, 6) is -0.863. The van der Waals surface area contributed by atoms with Crippen molar-refractivity contribution in [3.63, 3.8) is 0 Å². The lowest BCUT2D eigenvalue weighted by atomic mass is 10.0. The molecule has 0 amide bonds. The van der Waals surface area contributed by atoms with Crippen molar-refractivity contribution in [3.8, 4) is 0 Å². The van der Waals surface area contributed by atoms with E-state index < -0.39 is 5.97 Å². The smallest absolute Gasteiger partial charge is 0.335 e. The van der Waals surface area contributed by atoms with Gasteiger partial charge in [0.25, 0.3) is 0 Å². The Kier molecular flexibility index (Phi) is 5.51. The van der Waals surface area contributed by atoms with Gasteiger partial charge in [0.2, 0.25) is 0 Å². The van der Waals surface area contributed by atoms with Crippen LogP contribution in [0.2, 0.25) is 0 Å². The van der Waals surface area contributed by atoms with Crippen molar-refractivity contribution >= 4 is 5.97 Å². The normalized spacial score (nSPS) is 9.65. The fourth-order valence-corrected chi connectivity index (χ4v) is 1.92. The third-order valence-corrected chi connectivity index (χ3v) is 3.49. The van der Waals surface area contributed by atoms with Crippen LogP contribution < -0.4 is 0 Å². The predicted molar refractivity (Wildman–Crippen MR) is 83.5 cm³/mol. The minimum absolute atomic E-state index is 0.377. The lowest BCUT2D eigenvalue weighted by Gasteiger charge is -2.04. The van der Waals surface area contributed by atoms with Gasteiger partial charge in [-0.15, -0.1) is 0 Å². The maximum absolute atomic E-state index is 10.4. The van der Waals surface area contributed by atoms with Crippen LogP contribution in [0.15, 0.2) is 36.4 Å². The summed E-state index contributed by atoms with van der Waals surface area (Å²) in [7, 11) is 0. The molecule has 0 aliphatic rings. The van der Waals surface area contributed by atoms with E-state index in [1.807, 2.05) is 6.07 Å². The Hall–Kier alpha value is -2.09. The quantitative estimate of drug-likeness (QED) is 0.821. The largest absolute Gasteiger partial charge is 0.478 e. The molecule has 0 unspecified atom stereocenters. The highest BCUT2D eigenvalue weighted by atomic mass is 16.4. The van der Waals surface area contributed by atoms with Crippen LogP contribution in [0.4, 0.5) is 0 Å². The number of carbonyl (C=O) groups is 1. The molecule has 0 saturated carbocycles. The zero-order valence-electron chi connectivity index (χ0n) is 12.8. The monoisotopic (exact) mass is 270 g/mol. The first kappa shape index (κ1) is 16.0. The summed E-state index contributed by atoms with van der Waals surface area (Å²) >= 11 is 0. The van der Waals surface area contributed by atoms with Gasteiger partial charge in [-0.05, 0) is 68.5 Å². The van der Waals surface area contributed by atoms with E-state index >= 15 is 0 Å². The molecule has 0 bridgehead atoms. The van der Waals surface area contributed by atoms with Crippen molar-refractivity contribution in [1.82, 2.24) is 0 Å². The molecule has 106 valence electrons. The second-order valence-corrected chi connectivity index (χ2v) is 5.14. The Labute approximate surface area is 121 Å². The van der Waals surface area contributed by atoms with Crippen LogP contribution in [0, 0.1) is 34.6 Å². The first-order chi connectivity index (χ1) is 9.32. The van der Waals surface area contributed by atoms with Gasteiger partial charge in [0, 0.05) is 0 Å². The zero-order chi connectivity index (χ0) is 15.3. The first-order valence-electron chi connectivity index (χ1n) is 6.66. The number of carboxylic acids is 1. The van der Waals surface area contributed by atoms with Crippen molar-refractivity contribution in [3.05, 3.63) is 69.8 Å². The Balaban J connectivity index is 0.000000200. The Bertz CT molecular complexity index is 563. The van der Waals surface area contributed by atoms with E-state index in [-0.39, 0.29) is 0 Å². The number of carboxylic acid groups (broad SMARTS) is 1. The van der Waals surface area contributed by atoms with Crippen LogP contribution in [-0.2, 0) is 0 Å². The second kappa shape index (κ2) is 6.90. The van der Waals surface area contributed by atoms with Gasteiger partial charge in [-0.3, -0.25) is 0 Å². The van der Waals surface area contributed by atoms with Gasteiger partial charge >= 0.3 is 5.97 Å². The fraction of sp³-hybridized carbons (Fsp3) is 0.278. The molecule has 2 aromatic rings. The van der Waals surface area contributed by atoms with Crippen LogP contribution in [0.3, 0.4) is 0 Å². The SMILES string of the molecule is Cc1cc(C)c(C)cc1C.Cc1ccccc1C(=O)O. The van der Waals surface area contributed by atoms with E-state index in [0.29, 0.717) is 5.56 Å². The molecule has 2 heteroatoms. The van der Waals surface area contributed by atoms with Gasteiger partial charge in [0.05, 0.1) is 5.56 Å². The summed E-state index contributed by atoms with van der Waals surface area (Å²) in [6, 6.07) is 11.4. The van der Waals surface area contributed by atoms with Crippen molar-refractivity contribution < 1.29 is 9.90 Å². The summed E-state index contributed by atoms with van der Waals surface area (Å²) in [4.78, 5) is 10.4. The lowest BCUT2D eigenvalue weighted by molar-refractivity contribution is 0.0696. The van der Waals surface area contributed by atoms with Crippen LogP contribution in [0.25, 0.3) is 0 Å². The van der Waals surface area contributed by atoms with Crippen LogP contribution >= 0.6 is 0 Å². The molecular formula is C18H22O2. The highest BCUT2D eigenvalue weighted by molar-refractivity contribution is 5.89. The summed E-state index contributed by atoms with van der Waals surface area (Å²) in [6.07, 6.45) is 0. The molecule has 1 N–H and O–H groups in total. The molecule has 0 aliphatic carbocycles. The van der Waals surface area contributed by atoms with Crippen molar-refractivity contribution in [2.24, 2.45) is 0 Å². The maximum Gasteiger partial charge on any atom is 0.335 e. The Morgan fingerprint density at radius 1 is 0.750 bits per heavy atom. The van der Waals surface area contributed by atoms with Crippen molar-refractivity contribution in [2.75, 3.05) is 0 Å². The first-order valence-corrected chi connectivity index (χ1v) is 6.66. The standard InChI is InChI=1S/C10H14.C8H8O2/c1-7-5-9(3)10(4)6-8(7)2;1-6-4-2-3-5-7(6)8(9)10/h5-6H,1-4H3;2-5H,1H3,(H,9,10). The molecule has 2 rings (SSSR count). The lowest BCUT2D eigenvalue weighted by Crippen LogP contribution is -1.97. The van der Waals surface area contributed by atoms with Crippen molar-refractivity contribution in [1.29, 1.82) is 0 Å². The minimum atomic E-state index is -0.863. The fourth-order valence-electron chi connectivity index (χ4n) is 1.92. The van der Waals surface area contributed by atoms with Gasteiger partial charge in [-0.1, -0.05) is 30.3 Å². The molecule has 2 aromatic carbocycles. The second-order valence-electron chi connectivity index (χ2n) is 5.14. The van der Waals surface area contributed by atoms with Gasteiger partial charge in [-0.2, -0.15) is 0 Å². The number of rotatable bonds is 1. The van der Waals surface area contributed by atoms with E-state index in [2.05, 4.69) is 39.8 Å². The van der Waals surface area contributed by atoms with E-state index in [4.69, 9.17) is 5.11 Å². The number of aryl methyl sites for hydroxylation is 5. The van der Waals surface area contributed by atoms with E-state index in [1.54, 1.807) is 25.1 Å². The number of benzene rings is 2. The third kappa shape index (κ3) is 4.23. The average Bonchev–Trinajstić information content (AvgIpc) is 2.37. The molecule has 0 atom stereocenters. The zero-order valence-corrected chi connectivity index (χ0v) is 12.8. The Morgan fingerprint density at radius 3 is 1.45 bits per heavy atom. The summed E-state index contributed by atoms with van der Waals surface area (Å²) in [6.45, 7) is 10.4. The minimum Gasteiger partial charge on any atom is -0.478 e. The molecule has 0 radical (unpaired) electrons. The van der Waals surface area contributed by atoms with Gasteiger partial charge in [-0.25, -0.2) is 4.79 Å². The summed E-state index contributed by atoms with van der Waals surface area (Å²) in [5.41, 5.74) is 6.75. The van der Waals surface area contributed by atoms with Crippen molar-refractivity contribution in [2.45, 2.75) is 34.6 Å². The average molecular weight is 270 g/mol. The highest BCUT2D eigenvalue weighted by Gasteiger charge is 2.02. The van der Waals surface area contributed by atoms with Crippen LogP contribution in [0.1, 0.15) is 38.2 Å². The third-order valence-electron chi connectivity index (χ3n) is 3.49. The molecule has 0 spiro atoms. The number of hydrogen-bond acceptors (Lipinski definition) is 1. The van der Waals surface area contributed by atoms with E-state index in [0.717, 1.165) is 5.56 Å².